The molecule has 0 unspecified atom stereocenters. The number of carbonyl (C=O) groups excluding carboxylic acids is 1. The molecule has 112 valence electrons. The molecule has 2 aromatic heterocycles. The van der Waals surface area contributed by atoms with Gasteiger partial charge in [0.2, 0.25) is 0 Å². The van der Waals surface area contributed by atoms with E-state index >= 15 is 0 Å². The van der Waals surface area contributed by atoms with E-state index in [1.54, 1.807) is 11.3 Å². The van der Waals surface area contributed by atoms with Crippen LogP contribution in [0.1, 0.15) is 39.3 Å². The Kier molecular flexibility index (Phi) is 4.36. The van der Waals surface area contributed by atoms with Crippen molar-refractivity contribution in [1.82, 2.24) is 20.2 Å². The van der Waals surface area contributed by atoms with Crippen LogP contribution in [0.15, 0.2) is 24.5 Å². The van der Waals surface area contributed by atoms with E-state index in [2.05, 4.69) is 20.2 Å². The summed E-state index contributed by atoms with van der Waals surface area (Å²) in [6.45, 7) is 4.55. The summed E-state index contributed by atoms with van der Waals surface area (Å²) in [6.07, 6.45) is 5.99. The van der Waals surface area contributed by atoms with Crippen LogP contribution in [0.25, 0.3) is 0 Å². The topological polar surface area (TPSA) is 59.0 Å². The average Bonchev–Trinajstić information content (AvgIpc) is 3.14. The number of nitrogens with one attached hydrogen (secondary N) is 2. The van der Waals surface area contributed by atoms with Gasteiger partial charge in [-0.05, 0) is 45.0 Å². The number of amides is 1. The normalized spacial score (nSPS) is 16.0. The molecule has 0 radical (unpaired) electrons. The Bertz CT molecular complexity index is 613. The van der Waals surface area contributed by atoms with E-state index in [1.165, 1.54) is 0 Å². The molecule has 3 rings (SSSR count). The van der Waals surface area contributed by atoms with Crippen LogP contribution < -0.4 is 10.6 Å². The van der Waals surface area contributed by atoms with Gasteiger partial charge in [-0.25, -0.2) is 4.98 Å². The van der Waals surface area contributed by atoms with Crippen LogP contribution in [0.3, 0.4) is 0 Å². The first-order chi connectivity index (χ1) is 10.2. The fraction of sp³-hybridized carbons (Fsp3) is 0.467. The highest BCUT2D eigenvalue weighted by molar-refractivity contribution is 7.11. The molecule has 0 aromatic carbocycles. The van der Waals surface area contributed by atoms with Crippen LogP contribution in [0.5, 0.6) is 0 Å². The fourth-order valence-electron chi connectivity index (χ4n) is 2.72. The maximum atomic E-state index is 12.4. The Morgan fingerprint density at radius 1 is 1.52 bits per heavy atom. The predicted octanol–water partition coefficient (Wildman–Crippen LogP) is 2.11. The lowest BCUT2D eigenvalue weighted by molar-refractivity contribution is 0.0938. The number of hydrogen-bond acceptors (Lipinski definition) is 4. The lowest BCUT2D eigenvalue weighted by Crippen LogP contribution is -2.32. The standard InChI is InChI=1S/C15H20N4OS/c1-11-9-17-14(21-11)10-18-15(20)13-3-2-8-19(13)12-4-6-16-7-5-12/h2-3,8-9,12,16H,4-7,10H2,1H3,(H,18,20). The molecule has 0 saturated carbocycles. The molecular weight excluding hydrogens is 284 g/mol. The third-order valence-electron chi connectivity index (χ3n) is 3.78. The van der Waals surface area contributed by atoms with E-state index in [0.29, 0.717) is 12.6 Å². The van der Waals surface area contributed by atoms with Crippen molar-refractivity contribution in [3.05, 3.63) is 40.1 Å². The van der Waals surface area contributed by atoms with Gasteiger partial charge in [0.25, 0.3) is 5.91 Å². The molecular formula is C15H20N4OS. The van der Waals surface area contributed by atoms with Crippen molar-refractivity contribution < 1.29 is 4.79 Å². The zero-order chi connectivity index (χ0) is 14.7. The molecule has 0 spiro atoms. The van der Waals surface area contributed by atoms with Crippen LogP contribution in [-0.4, -0.2) is 28.5 Å². The van der Waals surface area contributed by atoms with Crippen molar-refractivity contribution in [3.8, 4) is 0 Å². The van der Waals surface area contributed by atoms with Gasteiger partial charge in [0.1, 0.15) is 10.7 Å². The number of aryl methyl sites for hydroxylation is 1. The van der Waals surface area contributed by atoms with Crippen LogP contribution in [0.4, 0.5) is 0 Å². The maximum absolute atomic E-state index is 12.4. The molecule has 0 atom stereocenters. The van der Waals surface area contributed by atoms with Crippen molar-refractivity contribution in [3.63, 3.8) is 0 Å². The number of carbonyl (C=O) groups is 1. The summed E-state index contributed by atoms with van der Waals surface area (Å²) >= 11 is 1.62. The Hall–Kier alpha value is -1.66. The van der Waals surface area contributed by atoms with Crippen molar-refractivity contribution in [2.45, 2.75) is 32.4 Å². The summed E-state index contributed by atoms with van der Waals surface area (Å²) in [4.78, 5) is 17.8. The van der Waals surface area contributed by atoms with Crippen LogP contribution in [0, 0.1) is 6.92 Å². The zero-order valence-electron chi connectivity index (χ0n) is 12.1. The minimum Gasteiger partial charge on any atom is -0.344 e. The number of rotatable bonds is 4. The maximum Gasteiger partial charge on any atom is 0.268 e. The molecule has 2 N–H and O–H groups in total. The first-order valence-electron chi connectivity index (χ1n) is 7.31. The molecule has 1 aliphatic rings. The molecule has 21 heavy (non-hydrogen) atoms. The zero-order valence-corrected chi connectivity index (χ0v) is 12.9. The Morgan fingerprint density at radius 2 is 2.33 bits per heavy atom. The Labute approximate surface area is 128 Å². The average molecular weight is 304 g/mol. The highest BCUT2D eigenvalue weighted by Crippen LogP contribution is 2.21. The second kappa shape index (κ2) is 6.41. The summed E-state index contributed by atoms with van der Waals surface area (Å²) in [6, 6.07) is 4.26. The van der Waals surface area contributed by atoms with Gasteiger partial charge in [0.15, 0.2) is 0 Å². The van der Waals surface area contributed by atoms with Crippen LogP contribution >= 0.6 is 11.3 Å². The highest BCUT2D eigenvalue weighted by atomic mass is 32.1. The molecule has 5 nitrogen and oxygen atoms in total. The summed E-state index contributed by atoms with van der Waals surface area (Å²) in [7, 11) is 0. The lowest BCUT2D eigenvalue weighted by Gasteiger charge is -2.25. The van der Waals surface area contributed by atoms with Gasteiger partial charge >= 0.3 is 0 Å². The molecule has 3 heterocycles. The number of aromatic nitrogens is 2. The van der Waals surface area contributed by atoms with E-state index in [-0.39, 0.29) is 5.91 Å². The number of hydrogen-bond donors (Lipinski definition) is 2. The number of piperidine rings is 1. The minimum absolute atomic E-state index is 0.0219. The van der Waals surface area contributed by atoms with Crippen LogP contribution in [0.2, 0.25) is 0 Å². The van der Waals surface area contributed by atoms with Gasteiger partial charge in [-0.3, -0.25) is 4.79 Å². The lowest BCUT2D eigenvalue weighted by atomic mass is 10.1. The first kappa shape index (κ1) is 14.3. The largest absolute Gasteiger partial charge is 0.344 e. The monoisotopic (exact) mass is 304 g/mol. The SMILES string of the molecule is Cc1cnc(CNC(=O)c2cccn2C2CCNCC2)s1. The van der Waals surface area contributed by atoms with Crippen molar-refractivity contribution >= 4 is 17.2 Å². The smallest absolute Gasteiger partial charge is 0.268 e. The molecule has 1 saturated heterocycles. The summed E-state index contributed by atoms with van der Waals surface area (Å²) in [5, 5.41) is 7.27. The number of nitrogens with zero attached hydrogens (tertiary/aromatic N) is 2. The molecule has 1 amide bonds. The van der Waals surface area contributed by atoms with Crippen LogP contribution in [-0.2, 0) is 6.54 Å². The van der Waals surface area contributed by atoms with E-state index in [9.17, 15) is 4.79 Å². The van der Waals surface area contributed by atoms with Crippen molar-refractivity contribution in [2.24, 2.45) is 0 Å². The molecule has 6 heteroatoms. The van der Waals surface area contributed by atoms with E-state index in [0.717, 1.165) is 41.5 Å². The Balaban J connectivity index is 1.65. The number of thiazole rings is 1. The molecule has 1 aliphatic heterocycles. The molecule has 0 aliphatic carbocycles. The second-order valence-corrected chi connectivity index (χ2v) is 6.65. The van der Waals surface area contributed by atoms with Gasteiger partial charge < -0.3 is 15.2 Å². The summed E-state index contributed by atoms with van der Waals surface area (Å²) in [5.74, 6) is -0.0219. The molecule has 1 fully saturated rings. The fourth-order valence-corrected chi connectivity index (χ4v) is 3.45. The summed E-state index contributed by atoms with van der Waals surface area (Å²) in [5.41, 5.74) is 0.746. The van der Waals surface area contributed by atoms with Gasteiger partial charge in [0, 0.05) is 23.3 Å². The molecule has 2 aromatic rings. The summed E-state index contributed by atoms with van der Waals surface area (Å²) < 4.78 is 2.11. The van der Waals surface area contributed by atoms with Gasteiger partial charge in [-0.1, -0.05) is 0 Å². The quantitative estimate of drug-likeness (QED) is 0.909. The Morgan fingerprint density at radius 3 is 3.05 bits per heavy atom. The second-order valence-electron chi connectivity index (χ2n) is 5.33. The van der Waals surface area contributed by atoms with Crippen molar-refractivity contribution in [1.29, 1.82) is 0 Å². The first-order valence-corrected chi connectivity index (χ1v) is 8.13. The third-order valence-corrected chi connectivity index (χ3v) is 4.70. The van der Waals surface area contributed by atoms with Crippen molar-refractivity contribution in [2.75, 3.05) is 13.1 Å². The minimum atomic E-state index is -0.0219. The highest BCUT2D eigenvalue weighted by Gasteiger charge is 2.19. The van der Waals surface area contributed by atoms with E-state index in [1.807, 2.05) is 31.5 Å². The molecule has 0 bridgehead atoms. The third kappa shape index (κ3) is 3.33. The van der Waals surface area contributed by atoms with E-state index < -0.39 is 0 Å². The van der Waals surface area contributed by atoms with Gasteiger partial charge in [-0.2, -0.15) is 0 Å². The predicted molar refractivity (Wildman–Crippen MR) is 83.6 cm³/mol. The van der Waals surface area contributed by atoms with E-state index in [4.69, 9.17) is 0 Å². The van der Waals surface area contributed by atoms with Gasteiger partial charge in [-0.15, -0.1) is 11.3 Å². The van der Waals surface area contributed by atoms with Gasteiger partial charge in [0.05, 0.1) is 6.54 Å².